The molecule has 0 saturated carbocycles. The molecule has 0 unspecified atom stereocenters. The van der Waals surface area contributed by atoms with Crippen molar-refractivity contribution in [2.24, 2.45) is 0 Å². The van der Waals surface area contributed by atoms with E-state index in [2.05, 4.69) is 444 Å². The van der Waals surface area contributed by atoms with E-state index in [-0.39, 0.29) is 0 Å². The van der Waals surface area contributed by atoms with E-state index in [1.165, 1.54) is 133 Å². The molecular weight excluding hydrogens is 1260 g/mol. The summed E-state index contributed by atoms with van der Waals surface area (Å²) in [6.07, 6.45) is 0. The maximum Gasteiger partial charge on any atom is 0.0541 e. The first kappa shape index (κ1) is 62.5. The Morgan fingerprint density at radius 1 is 0.154 bits per heavy atom. The van der Waals surface area contributed by atoms with Gasteiger partial charge in [0.15, 0.2) is 0 Å². The van der Waals surface area contributed by atoms with Crippen molar-refractivity contribution >= 4 is 88.5 Å². The Labute approximate surface area is 606 Å². The van der Waals surface area contributed by atoms with Gasteiger partial charge in [0.25, 0.3) is 0 Å². The first-order chi connectivity index (χ1) is 51.6. The highest BCUT2D eigenvalue weighted by molar-refractivity contribution is 6.13. The molecule has 0 bridgehead atoms. The fourth-order valence-electron chi connectivity index (χ4n) is 15.1. The van der Waals surface area contributed by atoms with Crippen molar-refractivity contribution in [1.29, 1.82) is 0 Å². The molecule has 2 aromatic heterocycles. The van der Waals surface area contributed by atoms with Gasteiger partial charge in [0.1, 0.15) is 0 Å². The van der Waals surface area contributed by atoms with Gasteiger partial charge in [-0.2, -0.15) is 0 Å². The van der Waals surface area contributed by atoms with Crippen LogP contribution >= 0.6 is 0 Å². The molecule has 0 aliphatic rings. The molecule has 104 heavy (non-hydrogen) atoms. The van der Waals surface area contributed by atoms with Gasteiger partial charge < -0.3 is 18.9 Å². The highest BCUT2D eigenvalue weighted by atomic mass is 15.1. The smallest absolute Gasteiger partial charge is 0.0541 e. The summed E-state index contributed by atoms with van der Waals surface area (Å²) in [5.74, 6) is 0. The molecule has 2 heterocycles. The van der Waals surface area contributed by atoms with E-state index in [0.717, 1.165) is 34.1 Å². The summed E-state index contributed by atoms with van der Waals surface area (Å²) in [6.45, 7) is 0. The van der Waals surface area contributed by atoms with Crippen molar-refractivity contribution in [3.8, 4) is 78.1 Å². The minimum atomic E-state index is 1.10. The van der Waals surface area contributed by atoms with Crippen LogP contribution in [0.4, 0.5) is 34.1 Å². The predicted octanol–water partition coefficient (Wildman–Crippen LogP) is 27.7. The van der Waals surface area contributed by atoms with E-state index < -0.39 is 0 Å². The summed E-state index contributed by atoms with van der Waals surface area (Å²) in [6, 6.07) is 153. The number of aromatic nitrogens is 2. The first-order valence-corrected chi connectivity index (χ1v) is 35.6. The van der Waals surface area contributed by atoms with Crippen molar-refractivity contribution in [2.45, 2.75) is 0 Å². The normalized spacial score (nSPS) is 11.3. The number of nitrogens with zero attached hydrogens (tertiary/aromatic N) is 4. The Hall–Kier alpha value is -13.8. The Bertz CT molecular complexity index is 6020. The molecule has 0 aliphatic heterocycles. The van der Waals surface area contributed by atoms with Crippen LogP contribution in [0.3, 0.4) is 0 Å². The molecule has 0 spiro atoms. The molecule has 0 saturated heterocycles. The van der Waals surface area contributed by atoms with Gasteiger partial charge in [-0.15, -0.1) is 0 Å². The molecule has 0 atom stereocenters. The minimum absolute atomic E-state index is 1.10. The second-order valence-corrected chi connectivity index (χ2v) is 26.4. The molecule has 4 heteroatoms. The quantitative estimate of drug-likeness (QED) is 0.108. The summed E-state index contributed by atoms with van der Waals surface area (Å²) >= 11 is 0. The van der Waals surface area contributed by atoms with E-state index in [4.69, 9.17) is 0 Å². The van der Waals surface area contributed by atoms with E-state index in [0.29, 0.717) is 0 Å². The predicted molar refractivity (Wildman–Crippen MR) is 441 cm³/mol. The largest absolute Gasteiger partial charge is 0.311 e. The van der Waals surface area contributed by atoms with Crippen LogP contribution in [0.1, 0.15) is 0 Å². The molecule has 4 nitrogen and oxygen atoms in total. The lowest BCUT2D eigenvalue weighted by molar-refractivity contribution is 1.18. The van der Waals surface area contributed by atoms with E-state index in [1.807, 2.05) is 0 Å². The van der Waals surface area contributed by atoms with Crippen LogP contribution in [0.2, 0.25) is 0 Å². The third kappa shape index (κ3) is 12.1. The first-order valence-electron chi connectivity index (χ1n) is 35.6. The van der Waals surface area contributed by atoms with Crippen LogP contribution < -0.4 is 9.80 Å². The van der Waals surface area contributed by atoms with E-state index in [9.17, 15) is 0 Å². The standard InChI is InChI=1S/C52H36N2.C48H34N2/c1-3-12-37(13-4-1)39-22-29-44(30-23-39)53(45-31-24-40(25-32-45)38-14-5-2-6-15-38)46-33-26-41(27-34-46)43-28-35-52-49(36-43)48-19-9-10-20-51(48)54(52)50-21-11-17-42-16-7-8-18-47(42)50;1-4-12-35(13-5-1)37-20-27-42(28-21-37)49(43-29-22-38(23-30-43)36-14-6-2-7-15-36)44-31-24-39(25-32-44)40-26-33-48-46(34-40)45-18-10-11-19-47(45)50(48)41-16-8-3-9-17-41/h1-36H;1-34H. The lowest BCUT2D eigenvalue weighted by atomic mass is 10.0. The molecule has 0 radical (unpaired) electrons. The SMILES string of the molecule is c1ccc(-c2ccc(N(c3ccc(-c4ccccc4)cc3)c3ccc(-c4ccc5c(c4)c4ccccc4n5-c4cccc5ccccc45)cc3)cc2)cc1.c1ccc(-c2ccc(N(c3ccc(-c4ccccc4)cc3)c3ccc(-c4ccc5c(c4)c4ccccc4n5-c4ccccc4)cc3)cc2)cc1. The molecule has 490 valence electrons. The van der Waals surface area contributed by atoms with Crippen molar-refractivity contribution in [1.82, 2.24) is 9.13 Å². The number of hydrogen-bond acceptors (Lipinski definition) is 2. The lowest BCUT2D eigenvalue weighted by Gasteiger charge is -2.26. The molecule has 0 N–H and O–H groups in total. The third-order valence-electron chi connectivity index (χ3n) is 20.2. The van der Waals surface area contributed by atoms with Crippen LogP contribution in [-0.4, -0.2) is 9.13 Å². The Kier molecular flexibility index (Phi) is 16.6. The monoisotopic (exact) mass is 1330 g/mol. The van der Waals surface area contributed by atoms with Crippen LogP contribution in [-0.2, 0) is 0 Å². The number of rotatable bonds is 14. The van der Waals surface area contributed by atoms with Crippen molar-refractivity contribution in [3.05, 3.63) is 425 Å². The summed E-state index contributed by atoms with van der Waals surface area (Å²) in [5.41, 5.74) is 28.3. The van der Waals surface area contributed by atoms with Crippen LogP contribution in [0.25, 0.3) is 133 Å². The van der Waals surface area contributed by atoms with Crippen LogP contribution in [0, 0.1) is 0 Å². The topological polar surface area (TPSA) is 16.3 Å². The highest BCUT2D eigenvalue weighted by Crippen LogP contribution is 2.43. The number of hydrogen-bond donors (Lipinski definition) is 0. The molecule has 19 rings (SSSR count). The van der Waals surface area contributed by atoms with Gasteiger partial charge in [0, 0.05) is 66.7 Å². The maximum atomic E-state index is 2.42. The van der Waals surface area contributed by atoms with Gasteiger partial charge in [-0.1, -0.05) is 297 Å². The van der Waals surface area contributed by atoms with E-state index >= 15 is 0 Å². The van der Waals surface area contributed by atoms with Gasteiger partial charge in [-0.05, 0) is 200 Å². The Balaban J connectivity index is 0.000000149. The molecule has 17 aromatic carbocycles. The zero-order chi connectivity index (χ0) is 69.1. The van der Waals surface area contributed by atoms with Crippen molar-refractivity contribution < 1.29 is 0 Å². The van der Waals surface area contributed by atoms with Crippen molar-refractivity contribution in [2.75, 3.05) is 9.80 Å². The second kappa shape index (κ2) is 27.7. The summed E-state index contributed by atoms with van der Waals surface area (Å²) < 4.78 is 4.78. The molecule has 0 amide bonds. The summed E-state index contributed by atoms with van der Waals surface area (Å²) in [7, 11) is 0. The second-order valence-electron chi connectivity index (χ2n) is 26.4. The Morgan fingerprint density at radius 3 is 0.769 bits per heavy atom. The fraction of sp³-hybridized carbons (Fsp3) is 0. The molecule has 19 aromatic rings. The zero-order valence-corrected chi connectivity index (χ0v) is 57.2. The van der Waals surface area contributed by atoms with Crippen LogP contribution in [0.15, 0.2) is 425 Å². The van der Waals surface area contributed by atoms with Gasteiger partial charge in [0.2, 0.25) is 0 Å². The maximum absolute atomic E-state index is 2.42. The summed E-state index contributed by atoms with van der Waals surface area (Å²) in [5, 5.41) is 7.50. The number of anilines is 6. The minimum Gasteiger partial charge on any atom is -0.311 e. The van der Waals surface area contributed by atoms with E-state index in [1.54, 1.807) is 0 Å². The van der Waals surface area contributed by atoms with Crippen molar-refractivity contribution in [3.63, 3.8) is 0 Å². The molecule has 0 fully saturated rings. The summed E-state index contributed by atoms with van der Waals surface area (Å²) in [4.78, 5) is 4.68. The van der Waals surface area contributed by atoms with Gasteiger partial charge in [0.05, 0.1) is 27.8 Å². The Morgan fingerprint density at radius 2 is 0.404 bits per heavy atom. The fourth-order valence-corrected chi connectivity index (χ4v) is 15.1. The van der Waals surface area contributed by atoms with Gasteiger partial charge in [-0.3, -0.25) is 0 Å². The van der Waals surface area contributed by atoms with Gasteiger partial charge in [-0.25, -0.2) is 0 Å². The average Bonchev–Trinajstić information content (AvgIpc) is 1.58. The lowest BCUT2D eigenvalue weighted by Crippen LogP contribution is -2.09. The average molecular weight is 1330 g/mol. The highest BCUT2D eigenvalue weighted by Gasteiger charge is 2.20. The number of fused-ring (bicyclic) bond motifs is 7. The zero-order valence-electron chi connectivity index (χ0n) is 57.2. The van der Waals surface area contributed by atoms with Crippen LogP contribution in [0.5, 0.6) is 0 Å². The third-order valence-corrected chi connectivity index (χ3v) is 20.2. The molecule has 0 aliphatic carbocycles. The van der Waals surface area contributed by atoms with Gasteiger partial charge >= 0.3 is 0 Å². The molecular formula is C100H70N4. The number of para-hydroxylation sites is 3. The number of benzene rings is 17.